The Bertz CT molecular complexity index is 1490. The van der Waals surface area contributed by atoms with E-state index < -0.39 is 35.2 Å². The van der Waals surface area contributed by atoms with Crippen LogP contribution in [0.15, 0.2) is 36.5 Å². The fraction of sp³-hybridized carbons (Fsp3) is 0.464. The molecule has 2 saturated heterocycles. The molecule has 2 N–H and O–H groups in total. The summed E-state index contributed by atoms with van der Waals surface area (Å²) in [6.45, 7) is 2.93. The van der Waals surface area contributed by atoms with E-state index in [1.807, 2.05) is 4.90 Å². The standard InChI is InChI=1S/C28H30F6N8O3S/c29-27(30,31)19-13-20(28(32,33)34)15-21(14-19)36-26(44)42-10-8-41(9-11-42)24-25(39-46-38-24)45-17-18-4-5-35-22(12-18)37-23(43)16-40-6-2-1-3-7-40/h4-5,12-15H,1-3,6-11,16-17H2,(H,36,44)(H,35,37,43). The molecule has 0 saturated carbocycles. The van der Waals surface area contributed by atoms with E-state index in [4.69, 9.17) is 4.74 Å². The van der Waals surface area contributed by atoms with Gasteiger partial charge in [0.05, 0.1) is 29.4 Å². The van der Waals surface area contributed by atoms with Crippen LogP contribution in [0, 0.1) is 0 Å². The first-order valence-electron chi connectivity index (χ1n) is 14.4. The van der Waals surface area contributed by atoms with E-state index in [9.17, 15) is 35.9 Å². The molecule has 5 rings (SSSR count). The summed E-state index contributed by atoms with van der Waals surface area (Å²) in [6.07, 6.45) is -5.17. The molecule has 3 aromatic rings. The summed E-state index contributed by atoms with van der Waals surface area (Å²) >= 11 is 0.921. The SMILES string of the molecule is O=C(CN1CCCCC1)Nc1cc(COc2nsnc2N2CCN(C(=O)Nc3cc(C(F)(F)F)cc(C(F)(F)F)c3)CC2)ccn1. The number of carbonyl (C=O) groups is 2. The number of halogens is 6. The Morgan fingerprint density at radius 1 is 0.848 bits per heavy atom. The first-order valence-corrected chi connectivity index (χ1v) is 15.1. The third-order valence-electron chi connectivity index (χ3n) is 7.43. The quantitative estimate of drug-likeness (QED) is 0.309. The Morgan fingerprint density at radius 3 is 2.17 bits per heavy atom. The number of nitrogens with one attached hydrogen (secondary N) is 2. The lowest BCUT2D eigenvalue weighted by molar-refractivity contribution is -0.143. The van der Waals surface area contributed by atoms with Gasteiger partial charge in [-0.25, -0.2) is 9.78 Å². The predicted molar refractivity (Wildman–Crippen MR) is 157 cm³/mol. The number of carbonyl (C=O) groups excluding carboxylic acids is 2. The molecule has 2 aromatic heterocycles. The molecule has 0 radical (unpaired) electrons. The molecule has 0 atom stereocenters. The maximum atomic E-state index is 13.2. The first-order chi connectivity index (χ1) is 21.8. The molecule has 0 unspecified atom stereocenters. The maximum Gasteiger partial charge on any atom is 0.416 e. The van der Waals surface area contributed by atoms with Crippen LogP contribution in [0.4, 0.5) is 48.5 Å². The number of hydrogen-bond acceptors (Lipinski definition) is 9. The Morgan fingerprint density at radius 2 is 1.52 bits per heavy atom. The second-order valence-corrected chi connectivity index (χ2v) is 11.3. The minimum atomic E-state index is -5.03. The van der Waals surface area contributed by atoms with Crippen molar-refractivity contribution in [3.63, 3.8) is 0 Å². The van der Waals surface area contributed by atoms with Crippen LogP contribution in [0.5, 0.6) is 5.88 Å². The molecule has 4 heterocycles. The number of pyridine rings is 1. The van der Waals surface area contributed by atoms with Gasteiger partial charge in [-0.3, -0.25) is 9.69 Å². The lowest BCUT2D eigenvalue weighted by Crippen LogP contribution is -2.50. The second kappa shape index (κ2) is 14.1. The number of amides is 3. The fourth-order valence-corrected chi connectivity index (χ4v) is 5.62. The van der Waals surface area contributed by atoms with Crippen molar-refractivity contribution >= 4 is 41.0 Å². The topological polar surface area (TPSA) is 116 Å². The minimum absolute atomic E-state index is 0.00127. The van der Waals surface area contributed by atoms with Gasteiger partial charge in [0.25, 0.3) is 5.88 Å². The van der Waals surface area contributed by atoms with Crippen molar-refractivity contribution in [2.45, 2.75) is 38.2 Å². The number of rotatable bonds is 8. The van der Waals surface area contributed by atoms with Crippen LogP contribution in [0.1, 0.15) is 36.0 Å². The highest BCUT2D eigenvalue weighted by atomic mass is 32.1. The molecular weight excluding hydrogens is 642 g/mol. The number of ether oxygens (including phenoxy) is 1. The Labute approximate surface area is 263 Å². The summed E-state index contributed by atoms with van der Waals surface area (Å²) in [5.74, 6) is 0.932. The van der Waals surface area contributed by atoms with Crippen LogP contribution in [-0.4, -0.2) is 81.3 Å². The van der Waals surface area contributed by atoms with Gasteiger partial charge >= 0.3 is 18.4 Å². The summed E-state index contributed by atoms with van der Waals surface area (Å²) in [5, 5.41) is 4.97. The van der Waals surface area contributed by atoms with E-state index in [1.165, 1.54) is 11.3 Å². The van der Waals surface area contributed by atoms with Gasteiger partial charge in [0.2, 0.25) is 11.7 Å². The summed E-state index contributed by atoms with van der Waals surface area (Å²) in [5.41, 5.74) is -2.93. The third kappa shape index (κ3) is 8.74. The van der Waals surface area contributed by atoms with Crippen molar-refractivity contribution < 1.29 is 40.7 Å². The van der Waals surface area contributed by atoms with Crippen molar-refractivity contribution in [1.29, 1.82) is 0 Å². The maximum absolute atomic E-state index is 13.2. The minimum Gasteiger partial charge on any atom is -0.470 e. The molecule has 248 valence electrons. The summed E-state index contributed by atoms with van der Waals surface area (Å²) in [6, 6.07) is 3.52. The number of alkyl halides is 6. The molecule has 0 aliphatic carbocycles. The van der Waals surface area contributed by atoms with Crippen molar-refractivity contribution in [1.82, 2.24) is 23.5 Å². The van der Waals surface area contributed by atoms with Gasteiger partial charge in [0.15, 0.2) is 0 Å². The van der Waals surface area contributed by atoms with Crippen LogP contribution >= 0.6 is 11.7 Å². The third-order valence-corrected chi connectivity index (χ3v) is 7.93. The van der Waals surface area contributed by atoms with E-state index in [1.54, 1.807) is 18.3 Å². The Hall–Kier alpha value is -4.19. The highest BCUT2D eigenvalue weighted by Crippen LogP contribution is 2.37. The number of urea groups is 1. The zero-order chi connectivity index (χ0) is 32.9. The van der Waals surface area contributed by atoms with Gasteiger partial charge in [-0.1, -0.05) is 6.42 Å². The second-order valence-electron chi connectivity index (χ2n) is 10.8. The summed E-state index contributed by atoms with van der Waals surface area (Å²) < 4.78 is 93.5. The van der Waals surface area contributed by atoms with Gasteiger partial charge in [-0.15, -0.1) is 4.37 Å². The number of likely N-dealkylation sites (tertiary alicyclic amines) is 1. The van der Waals surface area contributed by atoms with Crippen LogP contribution in [0.2, 0.25) is 0 Å². The highest BCUT2D eigenvalue weighted by Gasteiger charge is 2.37. The summed E-state index contributed by atoms with van der Waals surface area (Å²) in [7, 11) is 0. The van der Waals surface area contributed by atoms with Crippen LogP contribution in [0.3, 0.4) is 0 Å². The van der Waals surface area contributed by atoms with Gasteiger partial charge < -0.3 is 25.2 Å². The molecule has 11 nitrogen and oxygen atoms in total. The van der Waals surface area contributed by atoms with Crippen molar-refractivity contribution in [2.24, 2.45) is 0 Å². The van der Waals surface area contributed by atoms with E-state index in [-0.39, 0.29) is 50.6 Å². The fourth-order valence-electron chi connectivity index (χ4n) is 5.10. The Balaban J connectivity index is 1.14. The Kier molecular flexibility index (Phi) is 10.1. The number of hydrogen-bond donors (Lipinski definition) is 2. The molecule has 1 aromatic carbocycles. The lowest BCUT2D eigenvalue weighted by Gasteiger charge is -2.34. The molecule has 2 aliphatic heterocycles. The first kappa shape index (κ1) is 33.2. The molecule has 2 aliphatic rings. The van der Waals surface area contributed by atoms with E-state index >= 15 is 0 Å². The van der Waals surface area contributed by atoms with Gasteiger partial charge in [0.1, 0.15) is 12.4 Å². The van der Waals surface area contributed by atoms with Crippen LogP contribution < -0.4 is 20.3 Å². The molecule has 0 spiro atoms. The number of piperazine rings is 1. The lowest BCUT2D eigenvalue weighted by atomic mass is 10.1. The average Bonchev–Trinajstić information content (AvgIpc) is 3.48. The highest BCUT2D eigenvalue weighted by molar-refractivity contribution is 6.99. The molecule has 3 amide bonds. The average molecular weight is 673 g/mol. The van der Waals surface area contributed by atoms with Gasteiger partial charge in [-0.2, -0.15) is 30.7 Å². The molecule has 2 fully saturated rings. The smallest absolute Gasteiger partial charge is 0.416 e. The van der Waals surface area contributed by atoms with E-state index in [0.29, 0.717) is 30.3 Å². The number of benzene rings is 1. The largest absolute Gasteiger partial charge is 0.470 e. The van der Waals surface area contributed by atoms with Crippen molar-refractivity contribution in [3.8, 4) is 5.88 Å². The number of anilines is 3. The van der Waals surface area contributed by atoms with Gasteiger partial charge in [-0.05, 0) is 61.8 Å². The van der Waals surface area contributed by atoms with Crippen LogP contribution in [-0.2, 0) is 23.8 Å². The number of aromatic nitrogens is 3. The number of nitrogens with zero attached hydrogens (tertiary/aromatic N) is 6. The van der Waals surface area contributed by atoms with Gasteiger partial charge in [0, 0.05) is 38.1 Å². The number of piperidine rings is 1. The zero-order valence-corrected chi connectivity index (χ0v) is 25.1. The molecule has 46 heavy (non-hydrogen) atoms. The molecule has 18 heteroatoms. The molecular formula is C28H30F6N8O3S. The van der Waals surface area contributed by atoms with E-state index in [2.05, 4.69) is 29.3 Å². The monoisotopic (exact) mass is 672 g/mol. The van der Waals surface area contributed by atoms with Crippen molar-refractivity contribution in [3.05, 3.63) is 53.2 Å². The van der Waals surface area contributed by atoms with Crippen molar-refractivity contribution in [2.75, 3.05) is 61.3 Å². The van der Waals surface area contributed by atoms with Crippen LogP contribution in [0.25, 0.3) is 0 Å². The summed E-state index contributed by atoms with van der Waals surface area (Å²) in [4.78, 5) is 34.6. The molecule has 0 bridgehead atoms. The predicted octanol–water partition coefficient (Wildman–Crippen LogP) is 5.33. The zero-order valence-electron chi connectivity index (χ0n) is 24.3. The van der Waals surface area contributed by atoms with E-state index in [0.717, 1.165) is 43.2 Å². The normalized spacial score (nSPS) is 16.3.